The van der Waals surface area contributed by atoms with Crippen molar-refractivity contribution in [2.45, 2.75) is 58.9 Å². The standard InChI is InChI=1S/C14H24N2OS/c1-8-14(5,6)16(7)12-15-11(13(2,3)4)10(9-17)18-12/h9H,8H2,1-7H3. The van der Waals surface area contributed by atoms with Gasteiger partial charge in [-0.25, -0.2) is 4.98 Å². The second-order valence-electron chi connectivity index (χ2n) is 6.30. The first-order valence-electron chi connectivity index (χ1n) is 6.33. The van der Waals surface area contributed by atoms with Gasteiger partial charge < -0.3 is 4.90 Å². The van der Waals surface area contributed by atoms with Crippen LogP contribution in [0.5, 0.6) is 0 Å². The average Bonchev–Trinajstić information content (AvgIpc) is 2.71. The molecule has 0 radical (unpaired) electrons. The fraction of sp³-hybridized carbons (Fsp3) is 0.714. The summed E-state index contributed by atoms with van der Waals surface area (Å²) in [5.74, 6) is 0. The maximum Gasteiger partial charge on any atom is 0.186 e. The third kappa shape index (κ3) is 2.91. The van der Waals surface area contributed by atoms with Gasteiger partial charge in [0.2, 0.25) is 0 Å². The van der Waals surface area contributed by atoms with Crippen LogP contribution in [-0.2, 0) is 5.41 Å². The molecule has 3 nitrogen and oxygen atoms in total. The molecule has 0 N–H and O–H groups in total. The Morgan fingerprint density at radius 3 is 2.17 bits per heavy atom. The predicted molar refractivity (Wildman–Crippen MR) is 79.0 cm³/mol. The summed E-state index contributed by atoms with van der Waals surface area (Å²) in [5.41, 5.74) is 0.853. The molecule has 0 aromatic carbocycles. The first-order valence-corrected chi connectivity index (χ1v) is 7.15. The Labute approximate surface area is 114 Å². The molecule has 0 saturated heterocycles. The van der Waals surface area contributed by atoms with E-state index in [0.717, 1.165) is 28.4 Å². The largest absolute Gasteiger partial charge is 0.346 e. The minimum absolute atomic E-state index is 0.0488. The Bertz CT molecular complexity index is 429. The number of rotatable bonds is 4. The SMILES string of the molecule is CCC(C)(C)N(C)c1nc(C(C)(C)C)c(C=O)s1. The highest BCUT2D eigenvalue weighted by Gasteiger charge is 2.28. The summed E-state index contributed by atoms with van der Waals surface area (Å²) in [4.78, 5) is 18.8. The van der Waals surface area contributed by atoms with Gasteiger partial charge in [0.1, 0.15) is 0 Å². The number of anilines is 1. The van der Waals surface area contributed by atoms with Crippen LogP contribution in [0.1, 0.15) is 63.3 Å². The molecule has 0 aliphatic rings. The van der Waals surface area contributed by atoms with E-state index in [4.69, 9.17) is 0 Å². The van der Waals surface area contributed by atoms with E-state index >= 15 is 0 Å². The zero-order chi connectivity index (χ0) is 14.1. The second-order valence-corrected chi connectivity index (χ2v) is 7.31. The fourth-order valence-electron chi connectivity index (χ4n) is 1.58. The number of carbonyl (C=O) groups is 1. The van der Waals surface area contributed by atoms with Gasteiger partial charge in [0, 0.05) is 18.0 Å². The van der Waals surface area contributed by atoms with Crippen LogP contribution in [0.15, 0.2) is 0 Å². The maximum atomic E-state index is 11.2. The number of thiazole rings is 1. The Morgan fingerprint density at radius 2 is 1.83 bits per heavy atom. The molecule has 0 amide bonds. The van der Waals surface area contributed by atoms with Gasteiger partial charge in [-0.1, -0.05) is 39.0 Å². The summed E-state index contributed by atoms with van der Waals surface area (Å²) in [6, 6.07) is 0. The normalized spacial score (nSPS) is 12.6. The number of hydrogen-bond donors (Lipinski definition) is 0. The smallest absolute Gasteiger partial charge is 0.186 e. The fourth-order valence-corrected chi connectivity index (χ4v) is 2.79. The Kier molecular flexibility index (Phi) is 4.21. The summed E-state index contributed by atoms with van der Waals surface area (Å²) in [6.07, 6.45) is 1.96. The Balaban J connectivity index is 3.21. The Morgan fingerprint density at radius 1 is 1.28 bits per heavy atom. The molecule has 0 fully saturated rings. The first-order chi connectivity index (χ1) is 8.13. The highest BCUT2D eigenvalue weighted by Crippen LogP contribution is 2.35. The maximum absolute atomic E-state index is 11.2. The molecular formula is C14H24N2OS. The van der Waals surface area contributed by atoms with E-state index in [-0.39, 0.29) is 11.0 Å². The highest BCUT2D eigenvalue weighted by atomic mass is 32.1. The molecule has 4 heteroatoms. The van der Waals surface area contributed by atoms with Gasteiger partial charge in [0.15, 0.2) is 11.4 Å². The van der Waals surface area contributed by atoms with Crippen molar-refractivity contribution in [1.29, 1.82) is 0 Å². The molecule has 0 atom stereocenters. The molecule has 0 spiro atoms. The van der Waals surface area contributed by atoms with Crippen molar-refractivity contribution >= 4 is 22.8 Å². The van der Waals surface area contributed by atoms with Crippen LogP contribution in [0.2, 0.25) is 0 Å². The van der Waals surface area contributed by atoms with Gasteiger partial charge in [-0.05, 0) is 20.3 Å². The molecule has 1 heterocycles. The van der Waals surface area contributed by atoms with Crippen molar-refractivity contribution in [1.82, 2.24) is 4.98 Å². The molecule has 18 heavy (non-hydrogen) atoms. The van der Waals surface area contributed by atoms with Crippen LogP contribution in [0.4, 0.5) is 5.13 Å². The monoisotopic (exact) mass is 268 g/mol. The summed E-state index contributed by atoms with van der Waals surface area (Å²) < 4.78 is 0. The lowest BCUT2D eigenvalue weighted by atomic mass is 9.91. The lowest BCUT2D eigenvalue weighted by Crippen LogP contribution is -2.40. The molecular weight excluding hydrogens is 244 g/mol. The quantitative estimate of drug-likeness (QED) is 0.777. The number of hydrogen-bond acceptors (Lipinski definition) is 4. The number of aldehydes is 1. The zero-order valence-corrected chi connectivity index (χ0v) is 13.3. The van der Waals surface area contributed by atoms with E-state index in [1.165, 1.54) is 11.3 Å². The number of carbonyl (C=O) groups excluding carboxylic acids is 1. The summed E-state index contributed by atoms with van der Waals surface area (Å²) in [5, 5.41) is 0.925. The van der Waals surface area contributed by atoms with Crippen LogP contribution in [0.3, 0.4) is 0 Å². The summed E-state index contributed by atoms with van der Waals surface area (Å²) >= 11 is 1.48. The van der Waals surface area contributed by atoms with Gasteiger partial charge in [-0.2, -0.15) is 0 Å². The third-order valence-electron chi connectivity index (χ3n) is 3.52. The van der Waals surface area contributed by atoms with E-state index < -0.39 is 0 Å². The van der Waals surface area contributed by atoms with Crippen LogP contribution in [0, 0.1) is 0 Å². The molecule has 1 rings (SSSR count). The van der Waals surface area contributed by atoms with Crippen molar-refractivity contribution < 1.29 is 4.79 Å². The van der Waals surface area contributed by atoms with Gasteiger partial charge in [-0.15, -0.1) is 0 Å². The van der Waals surface area contributed by atoms with E-state index in [2.05, 4.69) is 51.4 Å². The molecule has 1 aromatic heterocycles. The van der Waals surface area contributed by atoms with Crippen LogP contribution in [-0.4, -0.2) is 23.9 Å². The first kappa shape index (κ1) is 15.2. The number of aromatic nitrogens is 1. The van der Waals surface area contributed by atoms with E-state index in [9.17, 15) is 4.79 Å². The highest BCUT2D eigenvalue weighted by molar-refractivity contribution is 7.17. The predicted octanol–water partition coefficient (Wildman–Crippen LogP) is 3.88. The topological polar surface area (TPSA) is 33.2 Å². The average molecular weight is 268 g/mol. The van der Waals surface area contributed by atoms with Gasteiger partial charge in [-0.3, -0.25) is 4.79 Å². The molecule has 0 unspecified atom stereocenters. The van der Waals surface area contributed by atoms with E-state index in [1.54, 1.807) is 0 Å². The second kappa shape index (κ2) is 5.00. The lowest BCUT2D eigenvalue weighted by molar-refractivity contribution is 0.112. The molecule has 102 valence electrons. The van der Waals surface area contributed by atoms with Crippen molar-refractivity contribution in [3.8, 4) is 0 Å². The van der Waals surface area contributed by atoms with Crippen molar-refractivity contribution in [3.63, 3.8) is 0 Å². The van der Waals surface area contributed by atoms with Crippen molar-refractivity contribution in [2.75, 3.05) is 11.9 Å². The zero-order valence-electron chi connectivity index (χ0n) is 12.5. The minimum Gasteiger partial charge on any atom is -0.346 e. The summed E-state index contributed by atoms with van der Waals surface area (Å²) in [6.45, 7) is 12.8. The molecule has 0 aliphatic heterocycles. The van der Waals surface area contributed by atoms with Crippen LogP contribution >= 0.6 is 11.3 Å². The van der Waals surface area contributed by atoms with Gasteiger partial charge >= 0.3 is 0 Å². The van der Waals surface area contributed by atoms with Gasteiger partial charge in [0.05, 0.1) is 10.6 Å². The van der Waals surface area contributed by atoms with Crippen LogP contribution in [0.25, 0.3) is 0 Å². The minimum atomic E-state index is -0.0950. The lowest BCUT2D eigenvalue weighted by Gasteiger charge is -2.34. The van der Waals surface area contributed by atoms with E-state index in [0.29, 0.717) is 0 Å². The third-order valence-corrected chi connectivity index (χ3v) is 4.58. The summed E-state index contributed by atoms with van der Waals surface area (Å²) in [7, 11) is 2.04. The Hall–Kier alpha value is -0.900. The number of nitrogens with zero attached hydrogens (tertiary/aromatic N) is 2. The molecule has 0 bridgehead atoms. The van der Waals surface area contributed by atoms with E-state index in [1.807, 2.05) is 7.05 Å². The van der Waals surface area contributed by atoms with Crippen LogP contribution < -0.4 is 4.90 Å². The molecule has 0 saturated carbocycles. The molecule has 1 aromatic rings. The van der Waals surface area contributed by atoms with Gasteiger partial charge in [0.25, 0.3) is 0 Å². The molecule has 0 aliphatic carbocycles. The van der Waals surface area contributed by atoms with Crippen molar-refractivity contribution in [3.05, 3.63) is 10.6 Å². The van der Waals surface area contributed by atoms with Crippen molar-refractivity contribution in [2.24, 2.45) is 0 Å².